The molecule has 1 fully saturated rings. The predicted molar refractivity (Wildman–Crippen MR) is 110 cm³/mol. The molecule has 4 nitrogen and oxygen atoms in total. The maximum Gasteiger partial charge on any atom is 0.573 e. The third-order valence-corrected chi connectivity index (χ3v) is 4.97. The Balaban J connectivity index is 0.00000210. The van der Waals surface area contributed by atoms with E-state index in [-0.39, 0.29) is 41.9 Å². The molecular formula is C18H19BrCl2F4N2O2. The second-order valence-electron chi connectivity index (χ2n) is 6.10. The van der Waals surface area contributed by atoms with Crippen LogP contribution < -0.4 is 10.1 Å². The first-order valence-corrected chi connectivity index (χ1v) is 9.03. The van der Waals surface area contributed by atoms with Crippen molar-refractivity contribution in [2.45, 2.75) is 12.4 Å². The van der Waals surface area contributed by atoms with Gasteiger partial charge in [-0.25, -0.2) is 4.39 Å². The van der Waals surface area contributed by atoms with E-state index in [4.69, 9.17) is 0 Å². The predicted octanol–water partition coefficient (Wildman–Crippen LogP) is 5.03. The molecule has 0 radical (unpaired) electrons. The van der Waals surface area contributed by atoms with E-state index in [0.717, 1.165) is 0 Å². The molecule has 1 saturated heterocycles. The number of alkyl halides is 3. The van der Waals surface area contributed by atoms with Crippen LogP contribution in [0.4, 0.5) is 17.6 Å². The first-order chi connectivity index (χ1) is 12.8. The lowest BCUT2D eigenvalue weighted by Crippen LogP contribution is -2.45. The molecule has 3 rings (SSSR count). The SMILES string of the molecule is Cl.Cl.Oc1c(Br)ccc(F)c1[C@@H](c1ccc(OC(F)(F)F)cc1)N1CCNCC1. The van der Waals surface area contributed by atoms with Crippen LogP contribution >= 0.6 is 40.7 Å². The zero-order chi connectivity index (χ0) is 19.6. The molecule has 1 aliphatic rings. The molecule has 0 aliphatic carbocycles. The van der Waals surface area contributed by atoms with Crippen LogP contribution in [-0.4, -0.2) is 42.5 Å². The summed E-state index contributed by atoms with van der Waals surface area (Å²) in [7, 11) is 0. The van der Waals surface area contributed by atoms with E-state index >= 15 is 0 Å². The van der Waals surface area contributed by atoms with Crippen molar-refractivity contribution in [3.05, 3.63) is 57.8 Å². The molecule has 0 unspecified atom stereocenters. The van der Waals surface area contributed by atoms with Crippen LogP contribution in [-0.2, 0) is 0 Å². The fourth-order valence-corrected chi connectivity index (χ4v) is 3.51. The Kier molecular flexibility index (Phi) is 9.49. The molecule has 162 valence electrons. The lowest BCUT2D eigenvalue weighted by molar-refractivity contribution is -0.274. The van der Waals surface area contributed by atoms with Gasteiger partial charge in [0, 0.05) is 26.2 Å². The molecule has 29 heavy (non-hydrogen) atoms. The van der Waals surface area contributed by atoms with Crippen LogP contribution in [0.25, 0.3) is 0 Å². The Morgan fingerprint density at radius 1 is 1.03 bits per heavy atom. The van der Waals surface area contributed by atoms with Crippen molar-refractivity contribution in [3.8, 4) is 11.5 Å². The Bertz CT molecular complexity index is 804. The van der Waals surface area contributed by atoms with Crippen molar-refractivity contribution >= 4 is 40.7 Å². The monoisotopic (exact) mass is 520 g/mol. The minimum atomic E-state index is -4.78. The van der Waals surface area contributed by atoms with Crippen LogP contribution in [0.2, 0.25) is 0 Å². The quantitative estimate of drug-likeness (QED) is 0.554. The second kappa shape index (κ2) is 10.7. The number of phenols is 1. The summed E-state index contributed by atoms with van der Waals surface area (Å²) in [5.41, 5.74) is 0.634. The Morgan fingerprint density at radius 3 is 2.17 bits per heavy atom. The van der Waals surface area contributed by atoms with Crippen molar-refractivity contribution in [3.63, 3.8) is 0 Å². The van der Waals surface area contributed by atoms with Crippen LogP contribution in [0.1, 0.15) is 17.2 Å². The van der Waals surface area contributed by atoms with Gasteiger partial charge in [0.05, 0.1) is 16.1 Å². The number of hydrogen-bond acceptors (Lipinski definition) is 4. The van der Waals surface area contributed by atoms with Crippen LogP contribution in [0.15, 0.2) is 40.9 Å². The number of phenolic OH excluding ortho intramolecular Hbond substituents is 1. The standard InChI is InChI=1S/C18H17BrF4N2O2.2ClH/c19-13-5-6-14(20)15(17(13)26)16(25-9-7-24-8-10-25)11-1-3-12(4-2-11)27-18(21,22)23;;/h1-6,16,24,26H,7-10H2;2*1H/t16-;;/m1../s1. The number of piperazine rings is 1. The van der Waals surface area contributed by atoms with Crippen LogP contribution in [0, 0.1) is 5.82 Å². The van der Waals surface area contributed by atoms with Gasteiger partial charge in [0.15, 0.2) is 0 Å². The number of hydrogen-bond donors (Lipinski definition) is 2. The molecule has 0 amide bonds. The van der Waals surface area contributed by atoms with Gasteiger partial charge in [-0.2, -0.15) is 0 Å². The van der Waals surface area contributed by atoms with Gasteiger partial charge in [-0.1, -0.05) is 12.1 Å². The average molecular weight is 522 g/mol. The highest BCUT2D eigenvalue weighted by atomic mass is 79.9. The van der Waals surface area contributed by atoms with E-state index in [1.165, 1.54) is 36.4 Å². The topological polar surface area (TPSA) is 44.7 Å². The summed E-state index contributed by atoms with van der Waals surface area (Å²) in [5, 5.41) is 13.6. The molecule has 2 aromatic rings. The zero-order valence-corrected chi connectivity index (χ0v) is 18.1. The van der Waals surface area contributed by atoms with Gasteiger partial charge >= 0.3 is 6.36 Å². The van der Waals surface area contributed by atoms with Gasteiger partial charge in [0.2, 0.25) is 0 Å². The third-order valence-electron chi connectivity index (χ3n) is 4.33. The number of benzene rings is 2. The van der Waals surface area contributed by atoms with Gasteiger partial charge in [-0.05, 0) is 45.8 Å². The fraction of sp³-hybridized carbons (Fsp3) is 0.333. The lowest BCUT2D eigenvalue weighted by atomic mass is 9.95. The molecular weight excluding hydrogens is 503 g/mol. The summed E-state index contributed by atoms with van der Waals surface area (Å²) in [5.74, 6) is -1.17. The van der Waals surface area contributed by atoms with E-state index in [0.29, 0.717) is 36.2 Å². The number of rotatable bonds is 4. The number of nitrogens with zero attached hydrogens (tertiary/aromatic N) is 1. The second-order valence-corrected chi connectivity index (χ2v) is 6.95. The van der Waals surface area contributed by atoms with Gasteiger partial charge in [0.1, 0.15) is 17.3 Å². The minimum absolute atomic E-state index is 0. The Labute approximate surface area is 186 Å². The van der Waals surface area contributed by atoms with Gasteiger partial charge in [0.25, 0.3) is 0 Å². The maximum atomic E-state index is 14.6. The first-order valence-electron chi connectivity index (χ1n) is 8.23. The summed E-state index contributed by atoms with van der Waals surface area (Å²) in [6.45, 7) is 2.55. The van der Waals surface area contributed by atoms with E-state index < -0.39 is 18.2 Å². The summed E-state index contributed by atoms with van der Waals surface area (Å²) < 4.78 is 56.0. The molecule has 1 atom stereocenters. The molecule has 2 N–H and O–H groups in total. The molecule has 0 bridgehead atoms. The van der Waals surface area contributed by atoms with Crippen molar-refractivity contribution in [1.29, 1.82) is 0 Å². The maximum absolute atomic E-state index is 14.6. The average Bonchev–Trinajstić information content (AvgIpc) is 2.62. The normalized spacial score (nSPS) is 15.8. The molecule has 11 heteroatoms. The number of halogens is 7. The van der Waals surface area contributed by atoms with E-state index in [9.17, 15) is 22.7 Å². The lowest BCUT2D eigenvalue weighted by Gasteiger charge is -2.36. The van der Waals surface area contributed by atoms with E-state index in [2.05, 4.69) is 26.0 Å². The Morgan fingerprint density at radius 2 is 1.62 bits per heavy atom. The Hall–Kier alpha value is -1.26. The number of aromatic hydroxyl groups is 1. The smallest absolute Gasteiger partial charge is 0.506 e. The summed E-state index contributed by atoms with van der Waals surface area (Å²) in [6, 6.07) is 7.28. The molecule has 0 saturated carbocycles. The van der Waals surface area contributed by atoms with Crippen molar-refractivity contribution in [2.75, 3.05) is 26.2 Å². The van der Waals surface area contributed by atoms with Crippen LogP contribution in [0.3, 0.4) is 0 Å². The summed E-state index contributed by atoms with van der Waals surface area (Å²) >= 11 is 3.20. The van der Waals surface area contributed by atoms with Crippen molar-refractivity contribution < 1.29 is 27.4 Å². The molecule has 2 aromatic carbocycles. The fourth-order valence-electron chi connectivity index (χ4n) is 3.17. The van der Waals surface area contributed by atoms with E-state index in [1.54, 1.807) is 0 Å². The molecule has 1 aliphatic heterocycles. The van der Waals surface area contributed by atoms with Crippen molar-refractivity contribution in [2.24, 2.45) is 0 Å². The number of ether oxygens (including phenoxy) is 1. The largest absolute Gasteiger partial charge is 0.573 e. The highest BCUT2D eigenvalue weighted by molar-refractivity contribution is 9.10. The number of nitrogens with one attached hydrogen (secondary N) is 1. The van der Waals surface area contributed by atoms with Crippen molar-refractivity contribution in [1.82, 2.24) is 10.2 Å². The van der Waals surface area contributed by atoms with E-state index in [1.807, 2.05) is 4.90 Å². The minimum Gasteiger partial charge on any atom is -0.506 e. The molecule has 0 aromatic heterocycles. The van der Waals surface area contributed by atoms with Gasteiger partial charge < -0.3 is 15.2 Å². The molecule has 0 spiro atoms. The van der Waals surface area contributed by atoms with Gasteiger partial charge in [-0.15, -0.1) is 38.0 Å². The van der Waals surface area contributed by atoms with Crippen LogP contribution in [0.5, 0.6) is 11.5 Å². The first kappa shape index (κ1) is 25.8. The summed E-state index contributed by atoms with van der Waals surface area (Å²) in [6.07, 6.45) is -4.78. The highest BCUT2D eigenvalue weighted by Crippen LogP contribution is 2.40. The molecule has 1 heterocycles. The highest BCUT2D eigenvalue weighted by Gasteiger charge is 2.32. The summed E-state index contributed by atoms with van der Waals surface area (Å²) in [4.78, 5) is 1.97. The third kappa shape index (κ3) is 6.36. The van der Waals surface area contributed by atoms with Gasteiger partial charge in [-0.3, -0.25) is 4.90 Å². The zero-order valence-electron chi connectivity index (χ0n) is 14.9.